The highest BCUT2D eigenvalue weighted by molar-refractivity contribution is 5.93. The van der Waals surface area contributed by atoms with E-state index in [9.17, 15) is 4.79 Å². The van der Waals surface area contributed by atoms with E-state index >= 15 is 0 Å². The van der Waals surface area contributed by atoms with Crippen molar-refractivity contribution in [2.45, 2.75) is 19.9 Å². The minimum atomic E-state index is -0.183. The standard InChI is InChI=1S/C23H26N4O2/c1-3-27(17-18-9-5-4-6-10-18)23-25-15-20(16-26-23)22(28)24-14-13-19-11-7-8-12-21(19)29-2/h4-12,15-16H,3,13-14,17H2,1-2H3,(H,24,28). The summed E-state index contributed by atoms with van der Waals surface area (Å²) >= 11 is 0. The summed E-state index contributed by atoms with van der Waals surface area (Å²) < 4.78 is 5.34. The Labute approximate surface area is 171 Å². The van der Waals surface area contributed by atoms with Crippen LogP contribution in [0.1, 0.15) is 28.4 Å². The first-order chi connectivity index (χ1) is 14.2. The molecule has 150 valence electrons. The van der Waals surface area contributed by atoms with Gasteiger partial charge in [-0.15, -0.1) is 0 Å². The average Bonchev–Trinajstić information content (AvgIpc) is 2.78. The van der Waals surface area contributed by atoms with Gasteiger partial charge >= 0.3 is 0 Å². The third-order valence-corrected chi connectivity index (χ3v) is 4.65. The van der Waals surface area contributed by atoms with E-state index in [1.165, 1.54) is 5.56 Å². The van der Waals surface area contributed by atoms with Crippen LogP contribution < -0.4 is 15.0 Å². The van der Waals surface area contributed by atoms with E-state index < -0.39 is 0 Å². The topological polar surface area (TPSA) is 67.4 Å². The predicted octanol–water partition coefficient (Wildman–Crippen LogP) is 3.48. The molecule has 0 bridgehead atoms. The van der Waals surface area contributed by atoms with E-state index in [-0.39, 0.29) is 5.91 Å². The summed E-state index contributed by atoms with van der Waals surface area (Å²) in [6, 6.07) is 18.0. The second kappa shape index (κ2) is 10.2. The molecule has 2 aromatic carbocycles. The molecule has 3 rings (SSSR count). The molecule has 0 fully saturated rings. The van der Waals surface area contributed by atoms with E-state index in [2.05, 4.69) is 39.2 Å². The van der Waals surface area contributed by atoms with E-state index in [1.807, 2.05) is 42.5 Å². The third-order valence-electron chi connectivity index (χ3n) is 4.65. The van der Waals surface area contributed by atoms with Crippen molar-refractivity contribution in [3.8, 4) is 5.75 Å². The second-order valence-electron chi connectivity index (χ2n) is 6.59. The van der Waals surface area contributed by atoms with Gasteiger partial charge in [0.2, 0.25) is 5.95 Å². The number of nitrogens with zero attached hydrogens (tertiary/aromatic N) is 3. The number of carbonyl (C=O) groups is 1. The molecule has 1 heterocycles. The summed E-state index contributed by atoms with van der Waals surface area (Å²) in [6.07, 6.45) is 3.85. The molecular weight excluding hydrogens is 364 g/mol. The number of benzene rings is 2. The molecule has 6 nitrogen and oxygen atoms in total. The van der Waals surface area contributed by atoms with Crippen molar-refractivity contribution < 1.29 is 9.53 Å². The Bertz CT molecular complexity index is 914. The molecule has 1 N–H and O–H groups in total. The first-order valence-electron chi connectivity index (χ1n) is 9.72. The molecule has 3 aromatic rings. The average molecular weight is 390 g/mol. The Kier molecular flexibility index (Phi) is 7.16. The zero-order valence-corrected chi connectivity index (χ0v) is 16.8. The second-order valence-corrected chi connectivity index (χ2v) is 6.59. The lowest BCUT2D eigenvalue weighted by atomic mass is 10.1. The number of methoxy groups -OCH3 is 1. The van der Waals surface area contributed by atoms with Gasteiger partial charge in [-0.1, -0.05) is 48.5 Å². The van der Waals surface area contributed by atoms with Crippen LogP contribution in [-0.4, -0.2) is 36.1 Å². The van der Waals surface area contributed by atoms with Crippen LogP contribution in [0.25, 0.3) is 0 Å². The summed E-state index contributed by atoms with van der Waals surface area (Å²) in [5.41, 5.74) is 2.70. The molecule has 0 spiro atoms. The lowest BCUT2D eigenvalue weighted by Crippen LogP contribution is -2.27. The van der Waals surface area contributed by atoms with Crippen LogP contribution in [0, 0.1) is 0 Å². The van der Waals surface area contributed by atoms with Gasteiger partial charge in [0.15, 0.2) is 0 Å². The highest BCUT2D eigenvalue weighted by atomic mass is 16.5. The molecule has 1 amide bonds. The van der Waals surface area contributed by atoms with Gasteiger partial charge in [0.05, 0.1) is 12.7 Å². The van der Waals surface area contributed by atoms with Gasteiger partial charge in [-0.25, -0.2) is 9.97 Å². The predicted molar refractivity (Wildman–Crippen MR) is 114 cm³/mol. The number of para-hydroxylation sites is 1. The molecule has 0 saturated heterocycles. The van der Waals surface area contributed by atoms with Crippen molar-refractivity contribution in [1.82, 2.24) is 15.3 Å². The number of hydrogen-bond acceptors (Lipinski definition) is 5. The summed E-state index contributed by atoms with van der Waals surface area (Å²) in [7, 11) is 1.65. The molecule has 0 saturated carbocycles. The molecule has 0 atom stereocenters. The van der Waals surface area contributed by atoms with E-state index in [0.29, 0.717) is 24.5 Å². The van der Waals surface area contributed by atoms with Gasteiger partial charge in [0.25, 0.3) is 5.91 Å². The molecule has 0 aliphatic rings. The van der Waals surface area contributed by atoms with Crippen LogP contribution >= 0.6 is 0 Å². The molecule has 29 heavy (non-hydrogen) atoms. The fourth-order valence-corrected chi connectivity index (χ4v) is 3.05. The SMILES string of the molecule is CCN(Cc1ccccc1)c1ncc(C(=O)NCCc2ccccc2OC)cn1. The van der Waals surface area contributed by atoms with E-state index in [0.717, 1.165) is 24.4 Å². The summed E-state index contributed by atoms with van der Waals surface area (Å²) in [6.45, 7) is 4.07. The number of rotatable bonds is 9. The Morgan fingerprint density at radius 1 is 1.03 bits per heavy atom. The number of hydrogen-bond donors (Lipinski definition) is 1. The van der Waals surface area contributed by atoms with Crippen molar-refractivity contribution >= 4 is 11.9 Å². The van der Waals surface area contributed by atoms with Crippen molar-refractivity contribution in [2.24, 2.45) is 0 Å². The largest absolute Gasteiger partial charge is 0.496 e. The van der Waals surface area contributed by atoms with Gasteiger partial charge in [0.1, 0.15) is 5.75 Å². The minimum absolute atomic E-state index is 0.183. The zero-order valence-electron chi connectivity index (χ0n) is 16.8. The summed E-state index contributed by atoms with van der Waals surface area (Å²) in [5, 5.41) is 2.91. The normalized spacial score (nSPS) is 10.4. The first kappa shape index (κ1) is 20.3. The molecule has 0 unspecified atom stereocenters. The lowest BCUT2D eigenvalue weighted by Gasteiger charge is -2.20. The van der Waals surface area contributed by atoms with Crippen LogP contribution in [0.4, 0.5) is 5.95 Å². The molecule has 1 aromatic heterocycles. The van der Waals surface area contributed by atoms with Crippen LogP contribution in [0.15, 0.2) is 67.0 Å². The van der Waals surface area contributed by atoms with Crippen LogP contribution in [0.2, 0.25) is 0 Å². The lowest BCUT2D eigenvalue weighted by molar-refractivity contribution is 0.0953. The Balaban J connectivity index is 1.56. The summed E-state index contributed by atoms with van der Waals surface area (Å²) in [4.78, 5) is 23.3. The van der Waals surface area contributed by atoms with Gasteiger partial charge in [-0.3, -0.25) is 4.79 Å². The van der Waals surface area contributed by atoms with Gasteiger partial charge < -0.3 is 15.0 Å². The number of amides is 1. The number of nitrogens with one attached hydrogen (secondary N) is 1. The minimum Gasteiger partial charge on any atom is -0.496 e. The molecular formula is C23H26N4O2. The summed E-state index contributed by atoms with van der Waals surface area (Å²) in [5.74, 6) is 1.26. The van der Waals surface area contributed by atoms with Gasteiger partial charge in [0, 0.05) is 32.0 Å². The quantitative estimate of drug-likeness (QED) is 0.606. The van der Waals surface area contributed by atoms with Crippen LogP contribution in [-0.2, 0) is 13.0 Å². The number of carbonyl (C=O) groups excluding carboxylic acids is 1. The highest BCUT2D eigenvalue weighted by Crippen LogP contribution is 2.17. The Hall–Kier alpha value is -3.41. The van der Waals surface area contributed by atoms with Crippen molar-refractivity contribution in [2.75, 3.05) is 25.1 Å². The maximum Gasteiger partial charge on any atom is 0.254 e. The fourth-order valence-electron chi connectivity index (χ4n) is 3.05. The zero-order chi connectivity index (χ0) is 20.5. The Morgan fingerprint density at radius 2 is 1.72 bits per heavy atom. The molecule has 0 radical (unpaired) electrons. The van der Waals surface area contributed by atoms with Crippen LogP contribution in [0.3, 0.4) is 0 Å². The molecule has 0 aliphatic carbocycles. The smallest absolute Gasteiger partial charge is 0.254 e. The number of ether oxygens (including phenoxy) is 1. The monoisotopic (exact) mass is 390 g/mol. The maximum absolute atomic E-state index is 12.4. The van der Waals surface area contributed by atoms with Gasteiger partial charge in [-0.2, -0.15) is 0 Å². The number of anilines is 1. The Morgan fingerprint density at radius 3 is 2.41 bits per heavy atom. The van der Waals surface area contributed by atoms with E-state index in [4.69, 9.17) is 4.74 Å². The van der Waals surface area contributed by atoms with Crippen molar-refractivity contribution in [1.29, 1.82) is 0 Å². The van der Waals surface area contributed by atoms with Crippen molar-refractivity contribution in [3.63, 3.8) is 0 Å². The third kappa shape index (κ3) is 5.54. The van der Waals surface area contributed by atoms with E-state index in [1.54, 1.807) is 19.5 Å². The number of aromatic nitrogens is 2. The van der Waals surface area contributed by atoms with Gasteiger partial charge in [-0.05, 0) is 30.5 Å². The van der Waals surface area contributed by atoms with Crippen LogP contribution in [0.5, 0.6) is 5.75 Å². The first-order valence-corrected chi connectivity index (χ1v) is 9.72. The molecule has 0 aliphatic heterocycles. The fraction of sp³-hybridized carbons (Fsp3) is 0.261. The van der Waals surface area contributed by atoms with Crippen molar-refractivity contribution in [3.05, 3.63) is 83.7 Å². The molecule has 6 heteroatoms. The maximum atomic E-state index is 12.4. The highest BCUT2D eigenvalue weighted by Gasteiger charge is 2.11.